The standard InChI is InChI=1S/C25H31NO2/c1-24(2)13-20-17(22(27)15-24)12-18-21(26-20)14-25(3,4)19(23(18)28)11-10-16-8-6-5-7-9-16/h5-9,19,26H,10-15H2,1-4H3. The second kappa shape index (κ2) is 6.72. The maximum absolute atomic E-state index is 13.5. The molecule has 0 saturated carbocycles. The van der Waals surface area contributed by atoms with E-state index < -0.39 is 0 Å². The number of Topliss-reactive ketones (excluding diaryl/α,β-unsaturated/α-hetero) is 2. The summed E-state index contributed by atoms with van der Waals surface area (Å²) in [7, 11) is 0. The first-order valence-electron chi connectivity index (χ1n) is 10.5. The lowest BCUT2D eigenvalue weighted by Gasteiger charge is -2.44. The minimum absolute atomic E-state index is 0.00513. The number of nitrogens with one attached hydrogen (secondary N) is 1. The fourth-order valence-electron chi connectivity index (χ4n) is 5.23. The summed E-state index contributed by atoms with van der Waals surface area (Å²) in [5.74, 6) is 0.466. The molecular weight excluding hydrogens is 346 g/mol. The van der Waals surface area contributed by atoms with Crippen molar-refractivity contribution in [2.24, 2.45) is 16.7 Å². The predicted octanol–water partition coefficient (Wildman–Crippen LogP) is 5.13. The summed E-state index contributed by atoms with van der Waals surface area (Å²) in [6.45, 7) is 8.73. The summed E-state index contributed by atoms with van der Waals surface area (Å²) < 4.78 is 0. The number of carbonyl (C=O) groups is 2. The van der Waals surface area contributed by atoms with E-state index in [1.54, 1.807) is 0 Å². The van der Waals surface area contributed by atoms with Crippen LogP contribution in [0.25, 0.3) is 0 Å². The number of dihydropyridines is 1. The molecule has 148 valence electrons. The van der Waals surface area contributed by atoms with Crippen molar-refractivity contribution in [1.29, 1.82) is 0 Å². The zero-order valence-corrected chi connectivity index (χ0v) is 17.5. The van der Waals surface area contributed by atoms with Crippen LogP contribution in [0.5, 0.6) is 0 Å². The lowest BCUT2D eigenvalue weighted by atomic mass is 9.63. The van der Waals surface area contributed by atoms with Gasteiger partial charge in [0.2, 0.25) is 0 Å². The molecule has 0 bridgehead atoms. The zero-order valence-electron chi connectivity index (χ0n) is 17.5. The van der Waals surface area contributed by atoms with Crippen molar-refractivity contribution < 1.29 is 9.59 Å². The number of ketones is 2. The van der Waals surface area contributed by atoms with E-state index in [4.69, 9.17) is 0 Å². The molecule has 3 nitrogen and oxygen atoms in total. The van der Waals surface area contributed by atoms with E-state index in [9.17, 15) is 9.59 Å². The van der Waals surface area contributed by atoms with Gasteiger partial charge in [-0.15, -0.1) is 0 Å². The van der Waals surface area contributed by atoms with Crippen molar-refractivity contribution in [3.05, 3.63) is 58.4 Å². The summed E-state index contributed by atoms with van der Waals surface area (Å²) in [6.07, 6.45) is 4.64. The normalized spacial score (nSPS) is 25.9. The first-order chi connectivity index (χ1) is 13.2. The number of hydrogen-bond donors (Lipinski definition) is 1. The number of aryl methyl sites for hydroxylation is 1. The third kappa shape index (κ3) is 3.47. The molecule has 1 unspecified atom stereocenters. The first-order valence-corrected chi connectivity index (χ1v) is 10.5. The van der Waals surface area contributed by atoms with Crippen LogP contribution in [0.3, 0.4) is 0 Å². The third-order valence-corrected chi connectivity index (χ3v) is 6.77. The van der Waals surface area contributed by atoms with Gasteiger partial charge in [0.25, 0.3) is 0 Å². The molecule has 28 heavy (non-hydrogen) atoms. The Bertz CT molecular complexity index is 886. The van der Waals surface area contributed by atoms with Gasteiger partial charge in [-0.1, -0.05) is 58.0 Å². The molecule has 3 aliphatic rings. The predicted molar refractivity (Wildman–Crippen MR) is 111 cm³/mol. The van der Waals surface area contributed by atoms with Gasteiger partial charge in [-0.05, 0) is 42.1 Å². The fourth-order valence-corrected chi connectivity index (χ4v) is 5.23. The van der Waals surface area contributed by atoms with E-state index in [0.717, 1.165) is 48.2 Å². The number of rotatable bonds is 3. The highest BCUT2D eigenvalue weighted by atomic mass is 16.1. The van der Waals surface area contributed by atoms with Crippen molar-refractivity contribution in [2.45, 2.75) is 66.2 Å². The van der Waals surface area contributed by atoms with Crippen LogP contribution in [0, 0.1) is 16.7 Å². The van der Waals surface area contributed by atoms with Gasteiger partial charge >= 0.3 is 0 Å². The van der Waals surface area contributed by atoms with Crippen molar-refractivity contribution in [2.75, 3.05) is 0 Å². The quantitative estimate of drug-likeness (QED) is 0.795. The highest BCUT2D eigenvalue weighted by Crippen LogP contribution is 2.48. The van der Waals surface area contributed by atoms with Gasteiger partial charge in [-0.2, -0.15) is 0 Å². The van der Waals surface area contributed by atoms with E-state index in [2.05, 4.69) is 57.3 Å². The second-order valence-electron chi connectivity index (χ2n) is 10.3. The average Bonchev–Trinajstić information content (AvgIpc) is 2.59. The Kier molecular flexibility index (Phi) is 4.60. The van der Waals surface area contributed by atoms with Gasteiger partial charge < -0.3 is 5.32 Å². The molecule has 0 radical (unpaired) electrons. The number of hydrogen-bond acceptors (Lipinski definition) is 3. The van der Waals surface area contributed by atoms with E-state index in [-0.39, 0.29) is 28.3 Å². The van der Waals surface area contributed by atoms with Crippen LogP contribution in [-0.2, 0) is 16.0 Å². The molecule has 1 atom stereocenters. The molecule has 4 rings (SSSR count). The van der Waals surface area contributed by atoms with Gasteiger partial charge in [0.1, 0.15) is 0 Å². The number of allylic oxidation sites excluding steroid dienone is 4. The topological polar surface area (TPSA) is 46.2 Å². The zero-order chi connectivity index (χ0) is 20.1. The van der Waals surface area contributed by atoms with Crippen LogP contribution >= 0.6 is 0 Å². The van der Waals surface area contributed by atoms with Crippen molar-refractivity contribution in [3.8, 4) is 0 Å². The van der Waals surface area contributed by atoms with Gasteiger partial charge in [0, 0.05) is 41.3 Å². The molecule has 1 aromatic rings. The average molecular weight is 378 g/mol. The molecule has 0 aromatic heterocycles. The minimum atomic E-state index is -0.0794. The van der Waals surface area contributed by atoms with Crippen LogP contribution in [0.1, 0.15) is 65.4 Å². The summed E-state index contributed by atoms with van der Waals surface area (Å²) in [6, 6.07) is 10.4. The van der Waals surface area contributed by atoms with E-state index in [1.807, 2.05) is 6.07 Å². The third-order valence-electron chi connectivity index (χ3n) is 6.77. The number of carbonyl (C=O) groups excluding carboxylic acids is 2. The molecule has 1 heterocycles. The van der Waals surface area contributed by atoms with E-state index >= 15 is 0 Å². The Balaban J connectivity index is 1.57. The van der Waals surface area contributed by atoms with E-state index in [0.29, 0.717) is 12.8 Å². The maximum atomic E-state index is 13.5. The van der Waals surface area contributed by atoms with Gasteiger partial charge in [-0.25, -0.2) is 0 Å². The number of benzene rings is 1. The molecule has 1 N–H and O–H groups in total. The first kappa shape index (κ1) is 19.2. The highest BCUT2D eigenvalue weighted by Gasteiger charge is 2.45. The van der Waals surface area contributed by atoms with Gasteiger partial charge in [0.05, 0.1) is 0 Å². The Morgan fingerprint density at radius 2 is 1.61 bits per heavy atom. The minimum Gasteiger partial charge on any atom is -0.362 e. The lowest BCUT2D eigenvalue weighted by Crippen LogP contribution is -2.44. The maximum Gasteiger partial charge on any atom is 0.164 e. The summed E-state index contributed by atoms with van der Waals surface area (Å²) in [5.41, 5.74) is 5.04. The molecule has 3 heteroatoms. The Morgan fingerprint density at radius 3 is 2.32 bits per heavy atom. The van der Waals surface area contributed by atoms with Gasteiger partial charge in [0.15, 0.2) is 11.6 Å². The van der Waals surface area contributed by atoms with Crippen LogP contribution in [-0.4, -0.2) is 11.6 Å². The van der Waals surface area contributed by atoms with Crippen molar-refractivity contribution >= 4 is 11.6 Å². The summed E-state index contributed by atoms with van der Waals surface area (Å²) in [4.78, 5) is 26.2. The molecule has 1 aliphatic heterocycles. The van der Waals surface area contributed by atoms with Gasteiger partial charge in [-0.3, -0.25) is 9.59 Å². The molecule has 0 spiro atoms. The van der Waals surface area contributed by atoms with E-state index in [1.165, 1.54) is 5.56 Å². The molecule has 0 fully saturated rings. The molecule has 0 saturated heterocycles. The Hall–Kier alpha value is -2.16. The Labute approximate surface area is 168 Å². The molecule has 2 aliphatic carbocycles. The monoisotopic (exact) mass is 377 g/mol. The van der Waals surface area contributed by atoms with Crippen molar-refractivity contribution in [1.82, 2.24) is 5.32 Å². The van der Waals surface area contributed by atoms with Crippen molar-refractivity contribution in [3.63, 3.8) is 0 Å². The van der Waals surface area contributed by atoms with Crippen LogP contribution in [0.4, 0.5) is 0 Å². The molecule has 1 aromatic carbocycles. The largest absolute Gasteiger partial charge is 0.362 e. The SMILES string of the molecule is CC1(C)CC(=O)C2=C(C1)NC1=C(C2)C(=O)C(CCc2ccccc2)C(C)(C)C1. The summed E-state index contributed by atoms with van der Waals surface area (Å²) in [5, 5.41) is 3.54. The second-order valence-corrected chi connectivity index (χ2v) is 10.3. The lowest BCUT2D eigenvalue weighted by molar-refractivity contribution is -0.124. The van der Waals surface area contributed by atoms with Crippen LogP contribution in [0.2, 0.25) is 0 Å². The molecular formula is C25H31NO2. The fraction of sp³-hybridized carbons (Fsp3) is 0.520. The van der Waals surface area contributed by atoms with Crippen LogP contribution < -0.4 is 5.32 Å². The van der Waals surface area contributed by atoms with Crippen LogP contribution in [0.15, 0.2) is 52.9 Å². The smallest absolute Gasteiger partial charge is 0.164 e. The highest BCUT2D eigenvalue weighted by molar-refractivity contribution is 6.05. The molecule has 0 amide bonds. The summed E-state index contributed by atoms with van der Waals surface area (Å²) >= 11 is 0. The Morgan fingerprint density at radius 1 is 0.929 bits per heavy atom.